The minimum Gasteiger partial charge on any atom is -0.397 e. The molecule has 0 fully saturated rings. The van der Waals surface area contributed by atoms with Gasteiger partial charge < -0.3 is 11.1 Å². The summed E-state index contributed by atoms with van der Waals surface area (Å²) < 4.78 is 14.1. The van der Waals surface area contributed by atoms with E-state index in [0.717, 1.165) is 0 Å². The van der Waals surface area contributed by atoms with Gasteiger partial charge in [-0.25, -0.2) is 4.39 Å². The predicted molar refractivity (Wildman–Crippen MR) is 70.7 cm³/mol. The van der Waals surface area contributed by atoms with Crippen LogP contribution in [0.2, 0.25) is 0 Å². The molecule has 18 heavy (non-hydrogen) atoms. The average Bonchev–Trinajstić information content (AvgIpc) is 2.34. The van der Waals surface area contributed by atoms with Crippen molar-refractivity contribution in [3.8, 4) is 0 Å². The lowest BCUT2D eigenvalue weighted by Gasteiger charge is -2.08. The topological polar surface area (TPSA) is 68.0 Å². The van der Waals surface area contributed by atoms with Crippen LogP contribution in [0.25, 0.3) is 0 Å². The first kappa shape index (κ1) is 12.5. The number of rotatable bonds is 2. The van der Waals surface area contributed by atoms with E-state index in [0.29, 0.717) is 4.47 Å². The number of nitrogen functional groups attached to an aromatic ring is 1. The molecule has 4 nitrogen and oxygen atoms in total. The largest absolute Gasteiger partial charge is 0.397 e. The minimum absolute atomic E-state index is 0.0885. The minimum atomic E-state index is -0.515. The third-order valence-corrected chi connectivity index (χ3v) is 2.77. The van der Waals surface area contributed by atoms with Crippen molar-refractivity contribution >= 4 is 33.2 Å². The number of nitrogens with zero attached hydrogens (tertiary/aromatic N) is 1. The predicted octanol–water partition coefficient (Wildman–Crippen LogP) is 2.82. The maximum absolute atomic E-state index is 13.5. The molecular formula is C12H9BrFN3O. The maximum Gasteiger partial charge on any atom is 0.257 e. The highest BCUT2D eigenvalue weighted by Gasteiger charge is 2.12. The fourth-order valence-electron chi connectivity index (χ4n) is 1.40. The Hall–Kier alpha value is -1.95. The average molecular weight is 310 g/mol. The van der Waals surface area contributed by atoms with Gasteiger partial charge in [-0.15, -0.1) is 0 Å². The van der Waals surface area contributed by atoms with Crippen LogP contribution in [0.3, 0.4) is 0 Å². The van der Waals surface area contributed by atoms with Crippen molar-refractivity contribution in [2.75, 3.05) is 11.1 Å². The lowest BCUT2D eigenvalue weighted by Crippen LogP contribution is -2.15. The van der Waals surface area contributed by atoms with Gasteiger partial charge in [-0.1, -0.05) is 15.9 Å². The van der Waals surface area contributed by atoms with E-state index in [1.165, 1.54) is 30.6 Å². The highest BCUT2D eigenvalue weighted by Crippen LogP contribution is 2.21. The van der Waals surface area contributed by atoms with Gasteiger partial charge in [-0.3, -0.25) is 9.78 Å². The van der Waals surface area contributed by atoms with Crippen LogP contribution in [0.4, 0.5) is 15.8 Å². The molecule has 6 heteroatoms. The van der Waals surface area contributed by atoms with Gasteiger partial charge in [0.05, 0.1) is 23.1 Å². The van der Waals surface area contributed by atoms with Crippen LogP contribution in [0, 0.1) is 5.82 Å². The summed E-state index contributed by atoms with van der Waals surface area (Å²) in [5, 5.41) is 2.46. The number of carbonyl (C=O) groups excluding carboxylic acids is 1. The molecule has 0 atom stereocenters. The molecule has 0 saturated carbocycles. The summed E-state index contributed by atoms with van der Waals surface area (Å²) in [5.41, 5.74) is 6.20. The molecule has 0 radical (unpaired) electrons. The van der Waals surface area contributed by atoms with Gasteiger partial charge in [-0.2, -0.15) is 0 Å². The van der Waals surface area contributed by atoms with Crippen molar-refractivity contribution < 1.29 is 9.18 Å². The van der Waals surface area contributed by atoms with E-state index >= 15 is 0 Å². The number of halogens is 2. The number of anilines is 2. The molecule has 1 heterocycles. The molecule has 0 spiro atoms. The highest BCUT2D eigenvalue weighted by atomic mass is 79.9. The summed E-state index contributed by atoms with van der Waals surface area (Å²) in [7, 11) is 0. The van der Waals surface area contributed by atoms with Crippen LogP contribution in [-0.4, -0.2) is 10.9 Å². The van der Waals surface area contributed by atoms with Gasteiger partial charge in [0.15, 0.2) is 0 Å². The lowest BCUT2D eigenvalue weighted by atomic mass is 10.2. The number of nitrogens with one attached hydrogen (secondary N) is 1. The van der Waals surface area contributed by atoms with Crippen molar-refractivity contribution in [2.45, 2.75) is 0 Å². The van der Waals surface area contributed by atoms with Crippen LogP contribution < -0.4 is 11.1 Å². The Labute approximate surface area is 111 Å². The Kier molecular flexibility index (Phi) is 3.57. The summed E-state index contributed by atoms with van der Waals surface area (Å²) >= 11 is 3.20. The Morgan fingerprint density at radius 2 is 2.17 bits per heavy atom. The van der Waals surface area contributed by atoms with Crippen molar-refractivity contribution in [3.05, 3.63) is 52.5 Å². The van der Waals surface area contributed by atoms with E-state index in [4.69, 9.17) is 5.73 Å². The van der Waals surface area contributed by atoms with Crippen molar-refractivity contribution in [1.29, 1.82) is 0 Å². The summed E-state index contributed by atoms with van der Waals surface area (Å²) in [4.78, 5) is 15.7. The molecule has 1 aromatic carbocycles. The first-order chi connectivity index (χ1) is 8.58. The van der Waals surface area contributed by atoms with Gasteiger partial charge in [-0.05, 0) is 24.3 Å². The molecule has 92 valence electrons. The summed E-state index contributed by atoms with van der Waals surface area (Å²) in [6.45, 7) is 0. The zero-order chi connectivity index (χ0) is 13.1. The summed E-state index contributed by atoms with van der Waals surface area (Å²) in [5.74, 6) is -0.994. The monoisotopic (exact) mass is 309 g/mol. The van der Waals surface area contributed by atoms with E-state index in [9.17, 15) is 9.18 Å². The molecule has 1 aromatic heterocycles. The smallest absolute Gasteiger partial charge is 0.257 e. The second-order valence-corrected chi connectivity index (χ2v) is 4.46. The molecule has 3 N–H and O–H groups in total. The molecule has 0 unspecified atom stereocenters. The highest BCUT2D eigenvalue weighted by molar-refractivity contribution is 9.10. The van der Waals surface area contributed by atoms with Crippen LogP contribution in [0.1, 0.15) is 10.4 Å². The third kappa shape index (κ3) is 2.65. The van der Waals surface area contributed by atoms with Crippen molar-refractivity contribution in [3.63, 3.8) is 0 Å². The zero-order valence-corrected chi connectivity index (χ0v) is 10.7. The van der Waals surface area contributed by atoms with E-state index in [1.54, 1.807) is 6.07 Å². The summed E-state index contributed by atoms with van der Waals surface area (Å²) in [6.07, 6.45) is 2.81. The van der Waals surface area contributed by atoms with E-state index < -0.39 is 11.7 Å². The Bertz CT molecular complexity index is 604. The number of benzene rings is 1. The van der Waals surface area contributed by atoms with Crippen LogP contribution >= 0.6 is 15.9 Å². The fraction of sp³-hybridized carbons (Fsp3) is 0. The molecule has 0 aliphatic heterocycles. The number of hydrogen-bond donors (Lipinski definition) is 2. The quantitative estimate of drug-likeness (QED) is 0.896. The Balaban J connectivity index is 2.27. The van der Waals surface area contributed by atoms with Crippen molar-refractivity contribution in [1.82, 2.24) is 4.98 Å². The number of aromatic nitrogens is 1. The second kappa shape index (κ2) is 5.14. The van der Waals surface area contributed by atoms with Gasteiger partial charge in [0.2, 0.25) is 0 Å². The first-order valence-corrected chi connectivity index (χ1v) is 5.83. The molecular weight excluding hydrogens is 301 g/mol. The van der Waals surface area contributed by atoms with Crippen molar-refractivity contribution in [2.24, 2.45) is 0 Å². The number of pyridine rings is 1. The third-order valence-electron chi connectivity index (χ3n) is 2.27. The zero-order valence-electron chi connectivity index (χ0n) is 9.15. The van der Waals surface area contributed by atoms with Gasteiger partial charge in [0, 0.05) is 10.7 Å². The lowest BCUT2D eigenvalue weighted by molar-refractivity contribution is 0.102. The van der Waals surface area contributed by atoms with Crippen LogP contribution in [0.5, 0.6) is 0 Å². The standard InChI is InChI=1S/C12H9BrFN3O/c13-7-1-2-9(14)11(5-7)17-12(18)8-3-4-16-6-10(8)15/h1-6H,15H2,(H,17,18). The van der Waals surface area contributed by atoms with E-state index in [1.807, 2.05) is 0 Å². The van der Waals surface area contributed by atoms with E-state index in [2.05, 4.69) is 26.2 Å². The normalized spacial score (nSPS) is 10.1. The number of hydrogen-bond acceptors (Lipinski definition) is 3. The number of amides is 1. The number of nitrogens with two attached hydrogens (primary N) is 1. The fourth-order valence-corrected chi connectivity index (χ4v) is 1.76. The van der Waals surface area contributed by atoms with Gasteiger partial charge >= 0.3 is 0 Å². The molecule has 2 rings (SSSR count). The molecule has 0 aliphatic carbocycles. The molecule has 0 bridgehead atoms. The maximum atomic E-state index is 13.5. The molecule has 2 aromatic rings. The van der Waals surface area contributed by atoms with E-state index in [-0.39, 0.29) is 16.9 Å². The Morgan fingerprint density at radius 3 is 2.89 bits per heavy atom. The number of carbonyl (C=O) groups is 1. The molecule has 0 aliphatic rings. The first-order valence-electron chi connectivity index (χ1n) is 5.04. The van der Waals surface area contributed by atoms with Gasteiger partial charge in [0.1, 0.15) is 5.82 Å². The van der Waals surface area contributed by atoms with Crippen LogP contribution in [0.15, 0.2) is 41.1 Å². The summed E-state index contributed by atoms with van der Waals surface area (Å²) in [6, 6.07) is 5.76. The Morgan fingerprint density at radius 1 is 1.39 bits per heavy atom. The second-order valence-electron chi connectivity index (χ2n) is 3.54. The van der Waals surface area contributed by atoms with Crippen LogP contribution in [-0.2, 0) is 0 Å². The molecule has 1 amide bonds. The SMILES string of the molecule is Nc1cnccc1C(=O)Nc1cc(Br)ccc1F. The van der Waals surface area contributed by atoms with Gasteiger partial charge in [0.25, 0.3) is 5.91 Å². The molecule has 0 saturated heterocycles.